The van der Waals surface area contributed by atoms with Crippen molar-refractivity contribution >= 4 is 46.9 Å². The molecule has 0 aliphatic carbocycles. The van der Waals surface area contributed by atoms with E-state index >= 15 is 0 Å². The summed E-state index contributed by atoms with van der Waals surface area (Å²) >= 11 is 2.90. The second-order valence-electron chi connectivity index (χ2n) is 7.61. The number of nitrogens with one attached hydrogen (secondary N) is 1. The molecule has 9 nitrogen and oxygen atoms in total. The van der Waals surface area contributed by atoms with E-state index in [9.17, 15) is 19.2 Å². The molecule has 1 N–H and O–H groups in total. The first-order valence-corrected chi connectivity index (χ1v) is 12.8. The third kappa shape index (κ3) is 6.15. The van der Waals surface area contributed by atoms with Crippen molar-refractivity contribution < 1.29 is 28.7 Å². The van der Waals surface area contributed by atoms with Gasteiger partial charge < -0.3 is 19.7 Å². The predicted octanol–water partition coefficient (Wildman–Crippen LogP) is 1.39. The largest absolute Gasteiger partial charge is 0.461 e. The molecule has 2 aliphatic heterocycles. The van der Waals surface area contributed by atoms with Crippen LogP contribution in [-0.2, 0) is 35.1 Å². The number of hydrogen-bond acceptors (Lipinski definition) is 9. The number of carbonyl (C=O) groups is 4. The smallest absolute Gasteiger partial charge is 0.355 e. The SMILES string of the molecule is CCN(CC)CCOC(=O)C1=C(COC(C)=O)CSC2[C@H](NC(=O)Cc3cccs3)C(=O)N12. The zero-order valence-electron chi connectivity index (χ0n) is 19.0. The number of thiophene rings is 1. The van der Waals surface area contributed by atoms with Gasteiger partial charge in [0.1, 0.15) is 30.3 Å². The van der Waals surface area contributed by atoms with Gasteiger partial charge in [-0.15, -0.1) is 23.1 Å². The molecule has 2 aliphatic rings. The molecule has 33 heavy (non-hydrogen) atoms. The molecule has 0 saturated carbocycles. The maximum atomic E-state index is 13.0. The lowest BCUT2D eigenvalue weighted by Gasteiger charge is -2.49. The van der Waals surface area contributed by atoms with Gasteiger partial charge >= 0.3 is 11.9 Å². The Morgan fingerprint density at radius 1 is 1.24 bits per heavy atom. The highest BCUT2D eigenvalue weighted by Crippen LogP contribution is 2.40. The van der Waals surface area contributed by atoms with E-state index in [1.54, 1.807) is 0 Å². The van der Waals surface area contributed by atoms with Gasteiger partial charge in [-0.2, -0.15) is 0 Å². The van der Waals surface area contributed by atoms with Crippen LogP contribution in [0.25, 0.3) is 0 Å². The van der Waals surface area contributed by atoms with E-state index in [4.69, 9.17) is 9.47 Å². The van der Waals surface area contributed by atoms with Crippen LogP contribution in [0.15, 0.2) is 28.8 Å². The predicted molar refractivity (Wildman–Crippen MR) is 125 cm³/mol. The average Bonchev–Trinajstić information content (AvgIpc) is 3.30. The number of carbonyl (C=O) groups excluding carboxylic acids is 4. The summed E-state index contributed by atoms with van der Waals surface area (Å²) in [4.78, 5) is 54.0. The van der Waals surface area contributed by atoms with Crippen LogP contribution in [0.3, 0.4) is 0 Å². The van der Waals surface area contributed by atoms with E-state index in [2.05, 4.69) is 10.2 Å². The molecular formula is C22H29N3O6S2. The zero-order chi connectivity index (χ0) is 24.0. The molecule has 11 heteroatoms. The molecule has 2 atom stereocenters. The number of likely N-dealkylation sites (N-methyl/N-ethyl adjacent to an activating group) is 1. The van der Waals surface area contributed by atoms with Crippen LogP contribution in [-0.4, -0.2) is 83.6 Å². The van der Waals surface area contributed by atoms with Crippen molar-refractivity contribution in [1.82, 2.24) is 15.1 Å². The Morgan fingerprint density at radius 3 is 2.64 bits per heavy atom. The van der Waals surface area contributed by atoms with Crippen LogP contribution in [0, 0.1) is 0 Å². The highest BCUT2D eigenvalue weighted by molar-refractivity contribution is 8.00. The maximum absolute atomic E-state index is 13.0. The van der Waals surface area contributed by atoms with Crippen LogP contribution in [0.1, 0.15) is 25.6 Å². The summed E-state index contributed by atoms with van der Waals surface area (Å²) in [6.07, 6.45) is 0.201. The molecule has 1 fully saturated rings. The van der Waals surface area contributed by atoms with Gasteiger partial charge in [-0.1, -0.05) is 19.9 Å². The minimum atomic E-state index is -0.712. The fourth-order valence-corrected chi connectivity index (χ4v) is 5.67. The maximum Gasteiger partial charge on any atom is 0.355 e. The minimum absolute atomic E-state index is 0.0886. The van der Waals surface area contributed by atoms with Crippen molar-refractivity contribution in [2.24, 2.45) is 0 Å². The lowest BCUT2D eigenvalue weighted by atomic mass is 10.0. The van der Waals surface area contributed by atoms with Gasteiger partial charge in [0.15, 0.2) is 0 Å². The van der Waals surface area contributed by atoms with Gasteiger partial charge in [-0.05, 0) is 24.5 Å². The van der Waals surface area contributed by atoms with Crippen LogP contribution in [0.4, 0.5) is 0 Å². The average molecular weight is 496 g/mol. The van der Waals surface area contributed by atoms with Crippen LogP contribution < -0.4 is 5.32 Å². The number of nitrogens with zero attached hydrogens (tertiary/aromatic N) is 2. The van der Waals surface area contributed by atoms with Crippen LogP contribution >= 0.6 is 23.1 Å². The summed E-state index contributed by atoms with van der Waals surface area (Å²) in [6.45, 7) is 7.70. The van der Waals surface area contributed by atoms with Crippen LogP contribution in [0.5, 0.6) is 0 Å². The standard InChI is InChI=1S/C22H29N3O6S2/c1-4-24(5-2)8-9-30-22(29)19-15(12-31-14(3)26)13-33-21-18(20(28)25(19)21)23-17(27)11-16-7-6-10-32-16/h6-7,10,18,21H,4-5,8-9,11-13H2,1-3H3,(H,23,27)/t18-,21?/m1/s1. The third-order valence-corrected chi connectivity index (χ3v) is 7.67. The van der Waals surface area contributed by atoms with E-state index in [-0.39, 0.29) is 37.1 Å². The molecule has 3 heterocycles. The van der Waals surface area contributed by atoms with Crippen molar-refractivity contribution in [3.8, 4) is 0 Å². The summed E-state index contributed by atoms with van der Waals surface area (Å²) in [7, 11) is 0. The Morgan fingerprint density at radius 2 is 2.00 bits per heavy atom. The molecule has 1 unspecified atom stereocenters. The molecular weight excluding hydrogens is 466 g/mol. The Labute approximate surface area is 201 Å². The van der Waals surface area contributed by atoms with Gasteiger partial charge in [0.2, 0.25) is 5.91 Å². The Bertz CT molecular complexity index is 913. The first-order chi connectivity index (χ1) is 15.8. The van der Waals surface area contributed by atoms with Crippen molar-refractivity contribution in [1.29, 1.82) is 0 Å². The molecule has 0 radical (unpaired) electrons. The number of thioether (sulfide) groups is 1. The number of hydrogen-bond donors (Lipinski definition) is 1. The van der Waals surface area contributed by atoms with E-state index < -0.39 is 23.4 Å². The Kier molecular flexibility index (Phi) is 8.93. The highest BCUT2D eigenvalue weighted by atomic mass is 32.2. The van der Waals surface area contributed by atoms with Crippen molar-refractivity contribution in [3.63, 3.8) is 0 Å². The first kappa shape index (κ1) is 25.3. The lowest BCUT2D eigenvalue weighted by Crippen LogP contribution is -2.70. The number of β-lactam (4-membered cyclic amide) rings is 1. The minimum Gasteiger partial charge on any atom is -0.461 e. The quantitative estimate of drug-likeness (QED) is 0.363. The summed E-state index contributed by atoms with van der Waals surface area (Å²) in [5.74, 6) is -1.32. The van der Waals surface area contributed by atoms with Gasteiger partial charge in [0.05, 0.1) is 6.42 Å². The normalized spacial score (nSPS) is 19.8. The number of esters is 2. The summed E-state index contributed by atoms with van der Waals surface area (Å²) in [5.41, 5.74) is 0.643. The molecule has 0 bridgehead atoms. The number of rotatable bonds is 11. The van der Waals surface area contributed by atoms with E-state index in [1.165, 1.54) is 34.9 Å². The summed E-state index contributed by atoms with van der Waals surface area (Å²) < 4.78 is 10.6. The molecule has 1 aromatic heterocycles. The highest BCUT2D eigenvalue weighted by Gasteiger charge is 2.54. The second kappa shape index (κ2) is 11.7. The topological polar surface area (TPSA) is 105 Å². The van der Waals surface area contributed by atoms with Crippen molar-refractivity contribution in [3.05, 3.63) is 33.7 Å². The summed E-state index contributed by atoms with van der Waals surface area (Å²) in [6, 6.07) is 3.02. The van der Waals surface area contributed by atoms with Crippen molar-refractivity contribution in [2.75, 3.05) is 38.6 Å². The first-order valence-electron chi connectivity index (χ1n) is 10.9. The fourth-order valence-electron chi connectivity index (χ4n) is 3.64. The fraction of sp³-hybridized carbons (Fsp3) is 0.545. The number of ether oxygens (including phenoxy) is 2. The Balaban J connectivity index is 1.69. The van der Waals surface area contributed by atoms with E-state index in [0.717, 1.165) is 18.0 Å². The third-order valence-electron chi connectivity index (χ3n) is 5.46. The molecule has 2 amide bonds. The molecule has 0 aromatic carbocycles. The molecule has 0 spiro atoms. The lowest BCUT2D eigenvalue weighted by molar-refractivity contribution is -0.153. The second-order valence-corrected chi connectivity index (χ2v) is 9.74. The molecule has 1 saturated heterocycles. The Hall–Kier alpha value is -2.37. The van der Waals surface area contributed by atoms with Crippen molar-refractivity contribution in [2.45, 2.75) is 38.6 Å². The monoisotopic (exact) mass is 495 g/mol. The van der Waals surface area contributed by atoms with Gasteiger partial charge in [0, 0.05) is 29.7 Å². The van der Waals surface area contributed by atoms with Gasteiger partial charge in [0.25, 0.3) is 5.91 Å². The van der Waals surface area contributed by atoms with Gasteiger partial charge in [-0.3, -0.25) is 19.3 Å². The van der Waals surface area contributed by atoms with E-state index in [1.807, 2.05) is 31.4 Å². The van der Waals surface area contributed by atoms with Crippen LogP contribution in [0.2, 0.25) is 0 Å². The number of amides is 2. The van der Waals surface area contributed by atoms with Gasteiger partial charge in [-0.25, -0.2) is 4.79 Å². The molecule has 1 aromatic rings. The molecule has 3 rings (SSSR count). The number of fused-ring (bicyclic) bond motifs is 1. The zero-order valence-corrected chi connectivity index (χ0v) is 20.6. The molecule has 180 valence electrons. The summed E-state index contributed by atoms with van der Waals surface area (Å²) in [5, 5.41) is 4.28. The van der Waals surface area contributed by atoms with E-state index in [0.29, 0.717) is 17.9 Å².